The van der Waals surface area contributed by atoms with Crippen molar-refractivity contribution in [2.24, 2.45) is 0 Å². The molecule has 1 atom stereocenters. The van der Waals surface area contributed by atoms with Gasteiger partial charge in [-0.3, -0.25) is 0 Å². The normalized spacial score (nSPS) is 12.5. The van der Waals surface area contributed by atoms with Gasteiger partial charge in [-0.15, -0.1) is 0 Å². The average Bonchev–Trinajstić information content (AvgIpc) is 2.09. The maximum absolute atomic E-state index is 12.5. The largest absolute Gasteiger partial charge is 0.368 e. The van der Waals surface area contributed by atoms with E-state index in [1.54, 1.807) is 6.07 Å². The molecule has 1 rings (SSSR count). The predicted molar refractivity (Wildman–Crippen MR) is 52.2 cm³/mol. The molecular formula is C10H15FN2. The number of nitrogens with one attached hydrogen (secondary N) is 1. The van der Waals surface area contributed by atoms with Crippen LogP contribution < -0.4 is 5.32 Å². The predicted octanol–water partition coefficient (Wildman–Crippen LogP) is 2.82. The summed E-state index contributed by atoms with van der Waals surface area (Å²) >= 11 is 0. The molecule has 1 heterocycles. The van der Waals surface area contributed by atoms with Gasteiger partial charge in [-0.05, 0) is 25.5 Å². The lowest BCUT2D eigenvalue weighted by molar-refractivity contribution is 0.620. The van der Waals surface area contributed by atoms with Gasteiger partial charge >= 0.3 is 0 Å². The molecule has 0 bridgehead atoms. The van der Waals surface area contributed by atoms with Crippen molar-refractivity contribution in [3.05, 3.63) is 24.1 Å². The minimum atomic E-state index is -0.298. The number of aromatic nitrogens is 1. The number of halogens is 1. The van der Waals surface area contributed by atoms with Crippen LogP contribution in [0.2, 0.25) is 0 Å². The van der Waals surface area contributed by atoms with Crippen molar-refractivity contribution in [3.8, 4) is 0 Å². The van der Waals surface area contributed by atoms with Crippen LogP contribution in [0.5, 0.6) is 0 Å². The molecule has 72 valence electrons. The zero-order chi connectivity index (χ0) is 9.68. The summed E-state index contributed by atoms with van der Waals surface area (Å²) in [7, 11) is 0. The van der Waals surface area contributed by atoms with Crippen LogP contribution >= 0.6 is 0 Å². The standard InChI is InChI=1S/C10H15FN2/c1-3-4-8(2)13-10-6-5-9(11)7-12-10/h5-8H,3-4H2,1-2H3,(H,12,13). The molecule has 1 unspecified atom stereocenters. The van der Waals surface area contributed by atoms with Gasteiger partial charge < -0.3 is 5.32 Å². The number of rotatable bonds is 4. The van der Waals surface area contributed by atoms with Crippen molar-refractivity contribution < 1.29 is 4.39 Å². The Balaban J connectivity index is 2.49. The van der Waals surface area contributed by atoms with E-state index in [2.05, 4.69) is 24.1 Å². The smallest absolute Gasteiger partial charge is 0.141 e. The summed E-state index contributed by atoms with van der Waals surface area (Å²) in [5, 5.41) is 3.19. The molecule has 3 heteroatoms. The highest BCUT2D eigenvalue weighted by Crippen LogP contribution is 2.07. The van der Waals surface area contributed by atoms with E-state index in [0.717, 1.165) is 18.7 Å². The lowest BCUT2D eigenvalue weighted by Crippen LogP contribution is -2.15. The fourth-order valence-electron chi connectivity index (χ4n) is 1.22. The van der Waals surface area contributed by atoms with Gasteiger partial charge in [-0.2, -0.15) is 0 Å². The summed E-state index contributed by atoms with van der Waals surface area (Å²) in [6, 6.07) is 3.46. The topological polar surface area (TPSA) is 24.9 Å². The fourth-order valence-corrected chi connectivity index (χ4v) is 1.22. The van der Waals surface area contributed by atoms with Gasteiger partial charge in [0.05, 0.1) is 6.20 Å². The van der Waals surface area contributed by atoms with Crippen LogP contribution in [0.3, 0.4) is 0 Å². The third kappa shape index (κ3) is 3.40. The molecule has 0 aliphatic rings. The minimum Gasteiger partial charge on any atom is -0.368 e. The van der Waals surface area contributed by atoms with E-state index in [9.17, 15) is 4.39 Å². The highest BCUT2D eigenvalue weighted by molar-refractivity contribution is 5.34. The number of nitrogens with zero attached hydrogens (tertiary/aromatic N) is 1. The van der Waals surface area contributed by atoms with Gasteiger partial charge in [0.1, 0.15) is 11.6 Å². The fraction of sp³-hybridized carbons (Fsp3) is 0.500. The van der Waals surface area contributed by atoms with Crippen molar-refractivity contribution >= 4 is 5.82 Å². The first-order chi connectivity index (χ1) is 6.22. The summed E-state index contributed by atoms with van der Waals surface area (Å²) in [4.78, 5) is 3.91. The molecule has 0 saturated carbocycles. The van der Waals surface area contributed by atoms with Crippen LogP contribution in [-0.4, -0.2) is 11.0 Å². The van der Waals surface area contributed by atoms with Crippen LogP contribution in [-0.2, 0) is 0 Å². The second-order valence-electron chi connectivity index (χ2n) is 3.20. The highest BCUT2D eigenvalue weighted by Gasteiger charge is 2.00. The van der Waals surface area contributed by atoms with E-state index >= 15 is 0 Å². The monoisotopic (exact) mass is 182 g/mol. The van der Waals surface area contributed by atoms with Crippen LogP contribution in [0.15, 0.2) is 18.3 Å². The van der Waals surface area contributed by atoms with Crippen LogP contribution in [0.4, 0.5) is 10.2 Å². The lowest BCUT2D eigenvalue weighted by Gasteiger charge is -2.12. The Morgan fingerprint density at radius 3 is 2.85 bits per heavy atom. The van der Waals surface area contributed by atoms with Crippen molar-refractivity contribution in [2.75, 3.05) is 5.32 Å². The van der Waals surface area contributed by atoms with Crippen LogP contribution in [0.25, 0.3) is 0 Å². The number of hydrogen-bond acceptors (Lipinski definition) is 2. The Morgan fingerprint density at radius 1 is 1.54 bits per heavy atom. The van der Waals surface area contributed by atoms with Crippen molar-refractivity contribution in [1.29, 1.82) is 0 Å². The SMILES string of the molecule is CCCC(C)Nc1ccc(F)cn1. The van der Waals surface area contributed by atoms with Crippen molar-refractivity contribution in [3.63, 3.8) is 0 Å². The molecule has 0 saturated heterocycles. The quantitative estimate of drug-likeness (QED) is 0.774. The first kappa shape index (κ1) is 9.96. The summed E-state index contributed by atoms with van der Waals surface area (Å²) in [5.74, 6) is 0.441. The van der Waals surface area contributed by atoms with Gasteiger partial charge in [-0.25, -0.2) is 9.37 Å². The molecule has 1 aromatic heterocycles. The molecule has 1 N–H and O–H groups in total. The van der Waals surface area contributed by atoms with Gasteiger partial charge in [0, 0.05) is 6.04 Å². The molecule has 13 heavy (non-hydrogen) atoms. The maximum atomic E-state index is 12.5. The van der Waals surface area contributed by atoms with Gasteiger partial charge in [-0.1, -0.05) is 13.3 Å². The molecule has 0 fully saturated rings. The molecule has 0 aliphatic heterocycles. The third-order valence-corrected chi connectivity index (χ3v) is 1.84. The number of pyridine rings is 1. The zero-order valence-electron chi connectivity index (χ0n) is 8.05. The average molecular weight is 182 g/mol. The molecule has 0 spiro atoms. The Morgan fingerprint density at radius 2 is 2.31 bits per heavy atom. The van der Waals surface area contributed by atoms with Crippen LogP contribution in [0, 0.1) is 5.82 Å². The Kier molecular flexibility index (Phi) is 3.68. The Hall–Kier alpha value is -1.12. The minimum absolute atomic E-state index is 0.298. The van der Waals surface area contributed by atoms with E-state index in [0.29, 0.717) is 6.04 Å². The summed E-state index contributed by atoms with van der Waals surface area (Å²) in [6.07, 6.45) is 3.45. The van der Waals surface area contributed by atoms with Gasteiger partial charge in [0.15, 0.2) is 0 Å². The van der Waals surface area contributed by atoms with Crippen LogP contribution in [0.1, 0.15) is 26.7 Å². The Bertz CT molecular complexity index is 246. The highest BCUT2D eigenvalue weighted by atomic mass is 19.1. The van der Waals surface area contributed by atoms with E-state index in [-0.39, 0.29) is 5.82 Å². The molecule has 1 aromatic rings. The Labute approximate surface area is 78.2 Å². The summed E-state index contributed by atoms with van der Waals surface area (Å²) < 4.78 is 12.5. The summed E-state index contributed by atoms with van der Waals surface area (Å²) in [5.41, 5.74) is 0. The van der Waals surface area contributed by atoms with Gasteiger partial charge in [0.2, 0.25) is 0 Å². The number of anilines is 1. The second-order valence-corrected chi connectivity index (χ2v) is 3.20. The van der Waals surface area contributed by atoms with E-state index < -0.39 is 0 Å². The maximum Gasteiger partial charge on any atom is 0.141 e. The molecule has 0 radical (unpaired) electrons. The second kappa shape index (κ2) is 4.80. The van der Waals surface area contributed by atoms with Gasteiger partial charge in [0.25, 0.3) is 0 Å². The molecule has 0 aromatic carbocycles. The van der Waals surface area contributed by atoms with Crippen molar-refractivity contribution in [1.82, 2.24) is 4.98 Å². The zero-order valence-corrected chi connectivity index (χ0v) is 8.05. The first-order valence-corrected chi connectivity index (χ1v) is 4.60. The lowest BCUT2D eigenvalue weighted by atomic mass is 10.2. The van der Waals surface area contributed by atoms with Crippen molar-refractivity contribution in [2.45, 2.75) is 32.7 Å². The number of hydrogen-bond donors (Lipinski definition) is 1. The first-order valence-electron chi connectivity index (χ1n) is 4.60. The molecule has 0 aliphatic carbocycles. The molecule has 0 amide bonds. The van der Waals surface area contributed by atoms with E-state index in [1.807, 2.05) is 0 Å². The van der Waals surface area contributed by atoms with E-state index in [4.69, 9.17) is 0 Å². The van der Waals surface area contributed by atoms with E-state index in [1.165, 1.54) is 12.3 Å². The molecular weight excluding hydrogens is 167 g/mol. The molecule has 2 nitrogen and oxygen atoms in total. The third-order valence-electron chi connectivity index (χ3n) is 1.84. The summed E-state index contributed by atoms with van der Waals surface area (Å²) in [6.45, 7) is 4.23.